The van der Waals surface area contributed by atoms with Crippen molar-refractivity contribution in [2.45, 2.75) is 31.0 Å². The SMILES string of the molecule is Cn1cnnc1CC1(O)CCCN(c2ccc(C(F)(F)F)nn2)C1. The number of aromatic nitrogens is 5. The molecule has 7 nitrogen and oxygen atoms in total. The molecule has 1 aliphatic heterocycles. The summed E-state index contributed by atoms with van der Waals surface area (Å²) in [5.41, 5.74) is -2.07. The molecular weight excluding hydrogens is 325 g/mol. The van der Waals surface area contributed by atoms with Gasteiger partial charge in [0.25, 0.3) is 0 Å². The summed E-state index contributed by atoms with van der Waals surface area (Å²) in [5.74, 6) is 0.969. The number of hydrogen-bond donors (Lipinski definition) is 1. The molecule has 3 heterocycles. The van der Waals surface area contributed by atoms with Crippen molar-refractivity contribution in [3.8, 4) is 0 Å². The molecule has 0 aromatic carbocycles. The molecule has 0 radical (unpaired) electrons. The minimum atomic E-state index is -4.51. The van der Waals surface area contributed by atoms with Crippen LogP contribution >= 0.6 is 0 Å². The monoisotopic (exact) mass is 342 g/mol. The van der Waals surface area contributed by atoms with Crippen molar-refractivity contribution < 1.29 is 18.3 Å². The molecule has 3 rings (SSSR count). The zero-order chi connectivity index (χ0) is 17.4. The maximum absolute atomic E-state index is 12.6. The van der Waals surface area contributed by atoms with E-state index in [4.69, 9.17) is 0 Å². The van der Waals surface area contributed by atoms with Crippen molar-refractivity contribution >= 4 is 5.82 Å². The molecule has 0 spiro atoms. The Labute approximate surface area is 136 Å². The Bertz CT molecular complexity index is 701. The predicted molar refractivity (Wildman–Crippen MR) is 78.1 cm³/mol. The third-order valence-corrected chi connectivity index (χ3v) is 4.11. The van der Waals surface area contributed by atoms with E-state index >= 15 is 0 Å². The quantitative estimate of drug-likeness (QED) is 0.903. The number of nitrogens with zero attached hydrogens (tertiary/aromatic N) is 6. The lowest BCUT2D eigenvalue weighted by atomic mass is 9.89. The van der Waals surface area contributed by atoms with Crippen molar-refractivity contribution in [3.63, 3.8) is 0 Å². The number of aryl methyl sites for hydroxylation is 1. The van der Waals surface area contributed by atoms with Gasteiger partial charge in [-0.3, -0.25) is 0 Å². The molecule has 1 atom stereocenters. The normalized spacial score (nSPS) is 22.0. The zero-order valence-electron chi connectivity index (χ0n) is 13.0. The maximum Gasteiger partial charge on any atom is 0.435 e. The van der Waals surface area contributed by atoms with Crippen LogP contribution in [0.2, 0.25) is 0 Å². The molecule has 0 bridgehead atoms. The fourth-order valence-corrected chi connectivity index (χ4v) is 2.86. The van der Waals surface area contributed by atoms with E-state index in [2.05, 4.69) is 20.4 Å². The standard InChI is InChI=1S/C14H17F3N6O/c1-22-9-18-20-12(22)7-13(24)5-2-6-23(8-13)11-4-3-10(19-21-11)14(15,16)17/h3-4,9,24H,2,5-8H2,1H3. The van der Waals surface area contributed by atoms with Crippen LogP contribution in [-0.4, -0.2) is 48.8 Å². The summed E-state index contributed by atoms with van der Waals surface area (Å²) in [5, 5.41) is 25.5. The first-order valence-corrected chi connectivity index (χ1v) is 7.48. The number of alkyl halides is 3. The van der Waals surface area contributed by atoms with E-state index in [9.17, 15) is 18.3 Å². The lowest BCUT2D eigenvalue weighted by Gasteiger charge is -2.39. The average Bonchev–Trinajstić information content (AvgIpc) is 2.91. The summed E-state index contributed by atoms with van der Waals surface area (Å²) in [6, 6.07) is 2.18. The molecule has 0 amide bonds. The summed E-state index contributed by atoms with van der Waals surface area (Å²) in [6.07, 6.45) is -1.38. The van der Waals surface area contributed by atoms with Gasteiger partial charge in [-0.25, -0.2) is 0 Å². The number of hydrogen-bond acceptors (Lipinski definition) is 6. The van der Waals surface area contributed by atoms with Crippen LogP contribution in [0, 0.1) is 0 Å². The minimum Gasteiger partial charge on any atom is -0.388 e. The predicted octanol–water partition coefficient (Wildman–Crippen LogP) is 1.20. The molecule has 1 aliphatic rings. The van der Waals surface area contributed by atoms with E-state index < -0.39 is 17.5 Å². The van der Waals surface area contributed by atoms with Gasteiger partial charge in [0, 0.05) is 26.6 Å². The molecular formula is C14H17F3N6O. The van der Waals surface area contributed by atoms with E-state index in [1.807, 2.05) is 0 Å². The van der Waals surface area contributed by atoms with Crippen LogP contribution in [0.4, 0.5) is 19.0 Å². The second-order valence-electron chi connectivity index (χ2n) is 6.06. The topological polar surface area (TPSA) is 80.0 Å². The Balaban J connectivity index is 1.74. The lowest BCUT2D eigenvalue weighted by Crippen LogP contribution is -2.50. The van der Waals surface area contributed by atoms with Gasteiger partial charge in [-0.15, -0.1) is 20.4 Å². The van der Waals surface area contributed by atoms with Crippen LogP contribution in [0.25, 0.3) is 0 Å². The van der Waals surface area contributed by atoms with Gasteiger partial charge < -0.3 is 14.6 Å². The van der Waals surface area contributed by atoms with Gasteiger partial charge >= 0.3 is 6.18 Å². The number of anilines is 1. The van der Waals surface area contributed by atoms with E-state index in [-0.39, 0.29) is 6.54 Å². The van der Waals surface area contributed by atoms with Gasteiger partial charge in [-0.05, 0) is 25.0 Å². The second kappa shape index (κ2) is 6.00. The first-order chi connectivity index (χ1) is 11.3. The van der Waals surface area contributed by atoms with Gasteiger partial charge in [-0.1, -0.05) is 0 Å². The molecule has 10 heteroatoms. The minimum absolute atomic E-state index is 0.250. The van der Waals surface area contributed by atoms with Crippen molar-refractivity contribution in [3.05, 3.63) is 30.0 Å². The maximum atomic E-state index is 12.6. The molecule has 2 aromatic heterocycles. The number of rotatable bonds is 3. The summed E-state index contributed by atoms with van der Waals surface area (Å²) >= 11 is 0. The largest absolute Gasteiger partial charge is 0.435 e. The van der Waals surface area contributed by atoms with Gasteiger partial charge in [0.1, 0.15) is 12.2 Å². The van der Waals surface area contributed by atoms with Crippen molar-refractivity contribution in [1.82, 2.24) is 25.0 Å². The third-order valence-electron chi connectivity index (χ3n) is 4.11. The van der Waals surface area contributed by atoms with E-state index in [1.165, 1.54) is 6.07 Å². The second-order valence-corrected chi connectivity index (χ2v) is 6.06. The Morgan fingerprint density at radius 3 is 2.62 bits per heavy atom. The van der Waals surface area contributed by atoms with Gasteiger partial charge in [0.2, 0.25) is 0 Å². The Kier molecular flexibility index (Phi) is 4.16. The van der Waals surface area contributed by atoms with Crippen LogP contribution in [0.1, 0.15) is 24.4 Å². The Morgan fingerprint density at radius 1 is 1.25 bits per heavy atom. The molecule has 1 N–H and O–H groups in total. The van der Waals surface area contributed by atoms with Crippen molar-refractivity contribution in [2.24, 2.45) is 7.05 Å². The van der Waals surface area contributed by atoms with Gasteiger partial charge in [0.05, 0.1) is 5.60 Å². The highest BCUT2D eigenvalue weighted by molar-refractivity contribution is 5.39. The third kappa shape index (κ3) is 3.48. The van der Waals surface area contributed by atoms with E-state index in [0.29, 0.717) is 37.4 Å². The van der Waals surface area contributed by atoms with Crippen LogP contribution in [0.5, 0.6) is 0 Å². The highest BCUT2D eigenvalue weighted by atomic mass is 19.4. The molecule has 1 fully saturated rings. The summed E-state index contributed by atoms with van der Waals surface area (Å²) < 4.78 is 39.4. The van der Waals surface area contributed by atoms with Crippen LogP contribution < -0.4 is 4.90 Å². The first kappa shape index (κ1) is 16.6. The van der Waals surface area contributed by atoms with Crippen LogP contribution in [0.15, 0.2) is 18.5 Å². The van der Waals surface area contributed by atoms with Gasteiger partial charge in [0.15, 0.2) is 11.5 Å². The Morgan fingerprint density at radius 2 is 2.04 bits per heavy atom. The summed E-state index contributed by atoms with van der Waals surface area (Å²) in [4.78, 5) is 1.74. The molecule has 24 heavy (non-hydrogen) atoms. The molecule has 2 aromatic rings. The molecule has 1 saturated heterocycles. The first-order valence-electron chi connectivity index (χ1n) is 7.48. The van der Waals surface area contributed by atoms with Gasteiger partial charge in [-0.2, -0.15) is 13.2 Å². The smallest absolute Gasteiger partial charge is 0.388 e. The van der Waals surface area contributed by atoms with E-state index in [1.54, 1.807) is 22.8 Å². The summed E-state index contributed by atoms with van der Waals surface area (Å²) in [7, 11) is 1.79. The molecule has 1 unspecified atom stereocenters. The number of halogens is 3. The Hall–Kier alpha value is -2.23. The molecule has 130 valence electrons. The highest BCUT2D eigenvalue weighted by Gasteiger charge is 2.36. The summed E-state index contributed by atoms with van der Waals surface area (Å²) in [6.45, 7) is 0.848. The van der Waals surface area contributed by atoms with Crippen LogP contribution in [-0.2, 0) is 19.6 Å². The number of piperidine rings is 1. The lowest BCUT2D eigenvalue weighted by molar-refractivity contribution is -0.141. The number of β-amino-alcohol motifs (C(OH)–C–C–N with tert-alkyl or cyclic N) is 1. The van der Waals surface area contributed by atoms with Crippen molar-refractivity contribution in [2.75, 3.05) is 18.0 Å². The fraction of sp³-hybridized carbons (Fsp3) is 0.571. The highest BCUT2D eigenvalue weighted by Crippen LogP contribution is 2.30. The van der Waals surface area contributed by atoms with Crippen LogP contribution in [0.3, 0.4) is 0 Å². The fourth-order valence-electron chi connectivity index (χ4n) is 2.86. The van der Waals surface area contributed by atoms with E-state index in [0.717, 1.165) is 6.07 Å². The average molecular weight is 342 g/mol. The molecule has 0 saturated carbocycles. The molecule has 0 aliphatic carbocycles. The van der Waals surface area contributed by atoms with Crippen molar-refractivity contribution in [1.29, 1.82) is 0 Å². The zero-order valence-corrected chi connectivity index (χ0v) is 13.0. The number of aliphatic hydroxyl groups is 1.